The highest BCUT2D eigenvalue weighted by atomic mass is 32.2. The van der Waals surface area contributed by atoms with Gasteiger partial charge in [0.05, 0.1) is 29.4 Å². The number of rotatable bonds is 7. The maximum Gasteiger partial charge on any atom is 0.416 e. The fourth-order valence-electron chi connectivity index (χ4n) is 5.16. The summed E-state index contributed by atoms with van der Waals surface area (Å²) in [4.78, 5) is -0.0160. The first-order chi connectivity index (χ1) is 16.6. The molecule has 1 fully saturated rings. The zero-order valence-corrected chi connectivity index (χ0v) is 20.7. The first-order valence-electron chi connectivity index (χ1n) is 12.3. The third-order valence-corrected chi connectivity index (χ3v) is 9.01. The number of hydrogen-bond donors (Lipinski definition) is 1. The molecule has 35 heavy (non-hydrogen) atoms. The molecular formula is C26H32F3NO4S. The smallest absolute Gasteiger partial charge is 0.416 e. The normalized spacial score (nSPS) is 19.5. The molecule has 0 amide bonds. The first-order valence-corrected chi connectivity index (χ1v) is 13.7. The minimum absolute atomic E-state index is 0.0160. The Labute approximate surface area is 205 Å². The molecule has 1 N–H and O–H groups in total. The Hall–Kier alpha value is -2.26. The summed E-state index contributed by atoms with van der Waals surface area (Å²) >= 11 is 0. The van der Waals surface area contributed by atoms with Crippen LogP contribution >= 0.6 is 0 Å². The zero-order valence-electron chi connectivity index (χ0n) is 19.9. The summed E-state index contributed by atoms with van der Waals surface area (Å²) in [5, 5.41) is 9.92. The number of fused-ring (bicyclic) bond motifs is 1. The SMILES string of the molecule is CCC1CCc2cc(C(F)(F)F)ccc2N1S(=O)(=O)c1ccc(OCC2CCCCC2)c(CO)c1. The van der Waals surface area contributed by atoms with E-state index in [1.165, 1.54) is 41.8 Å². The number of aliphatic hydroxyl groups excluding tert-OH is 1. The number of nitrogens with zero attached hydrogens (tertiary/aromatic N) is 1. The number of halogens is 3. The number of alkyl halides is 3. The Morgan fingerprint density at radius 3 is 2.46 bits per heavy atom. The van der Waals surface area contributed by atoms with Gasteiger partial charge in [-0.3, -0.25) is 4.31 Å². The summed E-state index contributed by atoms with van der Waals surface area (Å²) in [6.07, 6.45) is 2.63. The summed E-state index contributed by atoms with van der Waals surface area (Å²) in [5.74, 6) is 0.911. The number of aryl methyl sites for hydroxylation is 1. The maximum atomic E-state index is 13.8. The van der Waals surface area contributed by atoms with Gasteiger partial charge >= 0.3 is 6.18 Å². The van der Waals surface area contributed by atoms with Crippen molar-refractivity contribution in [2.45, 2.75) is 82.0 Å². The molecular weight excluding hydrogens is 479 g/mol. The van der Waals surface area contributed by atoms with Crippen molar-refractivity contribution in [3.63, 3.8) is 0 Å². The van der Waals surface area contributed by atoms with Gasteiger partial charge in [0.2, 0.25) is 0 Å². The lowest BCUT2D eigenvalue weighted by molar-refractivity contribution is -0.137. The number of anilines is 1. The zero-order chi connectivity index (χ0) is 25.2. The molecule has 2 aliphatic rings. The highest BCUT2D eigenvalue weighted by Crippen LogP contribution is 2.40. The summed E-state index contributed by atoms with van der Waals surface area (Å²) in [6.45, 7) is 2.01. The lowest BCUT2D eigenvalue weighted by Gasteiger charge is -2.38. The molecule has 0 radical (unpaired) electrons. The fourth-order valence-corrected chi connectivity index (χ4v) is 7.01. The predicted molar refractivity (Wildman–Crippen MR) is 128 cm³/mol. The van der Waals surface area contributed by atoms with Crippen LogP contribution in [0.1, 0.15) is 68.6 Å². The van der Waals surface area contributed by atoms with Crippen LogP contribution in [0.2, 0.25) is 0 Å². The van der Waals surface area contributed by atoms with E-state index in [0.29, 0.717) is 48.7 Å². The second-order valence-corrected chi connectivity index (χ2v) is 11.3. The topological polar surface area (TPSA) is 66.8 Å². The van der Waals surface area contributed by atoms with Crippen molar-refractivity contribution >= 4 is 15.7 Å². The Morgan fingerprint density at radius 2 is 1.80 bits per heavy atom. The van der Waals surface area contributed by atoms with Crippen molar-refractivity contribution in [2.75, 3.05) is 10.9 Å². The summed E-state index contributed by atoms with van der Waals surface area (Å²) < 4.78 is 74.4. The Bertz CT molecular complexity index is 1140. The monoisotopic (exact) mass is 511 g/mol. The minimum atomic E-state index is -4.50. The standard InChI is InChI=1S/C26H32F3NO4S/c1-2-22-10-8-19-14-21(26(27,28)29)9-12-24(19)30(22)35(32,33)23-11-13-25(20(15-23)16-31)34-17-18-6-4-3-5-7-18/h9,11-15,18,22,31H,2-8,10,16-17H2,1H3. The van der Waals surface area contributed by atoms with Crippen LogP contribution in [-0.4, -0.2) is 26.2 Å². The van der Waals surface area contributed by atoms with E-state index in [-0.39, 0.29) is 23.2 Å². The molecule has 5 nitrogen and oxygen atoms in total. The highest BCUT2D eigenvalue weighted by Gasteiger charge is 2.38. The van der Waals surface area contributed by atoms with Crippen LogP contribution in [0.3, 0.4) is 0 Å². The van der Waals surface area contributed by atoms with Gasteiger partial charge in [-0.25, -0.2) is 8.42 Å². The van der Waals surface area contributed by atoms with Crippen LogP contribution in [0.15, 0.2) is 41.3 Å². The van der Waals surface area contributed by atoms with Gasteiger partial charge in [-0.2, -0.15) is 13.2 Å². The van der Waals surface area contributed by atoms with Gasteiger partial charge < -0.3 is 9.84 Å². The second kappa shape index (κ2) is 10.4. The van der Waals surface area contributed by atoms with Gasteiger partial charge in [-0.1, -0.05) is 26.2 Å². The summed E-state index contributed by atoms with van der Waals surface area (Å²) in [7, 11) is -4.08. The molecule has 1 aliphatic heterocycles. The van der Waals surface area contributed by atoms with Gasteiger partial charge in [-0.15, -0.1) is 0 Å². The third kappa shape index (κ3) is 5.45. The number of benzene rings is 2. The van der Waals surface area contributed by atoms with Gasteiger partial charge in [0, 0.05) is 11.6 Å². The van der Waals surface area contributed by atoms with Gasteiger partial charge in [-0.05, 0) is 80.0 Å². The average Bonchev–Trinajstić information content (AvgIpc) is 2.86. The molecule has 0 saturated heterocycles. The number of ether oxygens (including phenoxy) is 1. The summed E-state index contributed by atoms with van der Waals surface area (Å²) in [5.41, 5.74) is 0.229. The lowest BCUT2D eigenvalue weighted by Crippen LogP contribution is -2.43. The second-order valence-electron chi connectivity index (χ2n) is 9.49. The Balaban J connectivity index is 1.65. The predicted octanol–water partition coefficient (Wildman–Crippen LogP) is 6.08. The highest BCUT2D eigenvalue weighted by molar-refractivity contribution is 7.92. The quantitative estimate of drug-likeness (QED) is 0.490. The lowest BCUT2D eigenvalue weighted by atomic mass is 9.90. The average molecular weight is 512 g/mol. The van der Waals surface area contributed by atoms with Gasteiger partial charge in [0.15, 0.2) is 0 Å². The molecule has 2 aromatic rings. The van der Waals surface area contributed by atoms with E-state index in [1.54, 1.807) is 6.07 Å². The molecule has 0 bridgehead atoms. The third-order valence-electron chi connectivity index (χ3n) is 7.15. The van der Waals surface area contributed by atoms with Crippen LogP contribution in [0.5, 0.6) is 5.75 Å². The summed E-state index contributed by atoms with van der Waals surface area (Å²) in [6, 6.07) is 7.30. The van der Waals surface area contributed by atoms with Crippen LogP contribution in [-0.2, 0) is 29.2 Å². The largest absolute Gasteiger partial charge is 0.493 e. The molecule has 192 valence electrons. The van der Waals surface area contributed by atoms with E-state index < -0.39 is 21.8 Å². The van der Waals surface area contributed by atoms with Crippen molar-refractivity contribution in [1.82, 2.24) is 0 Å². The Morgan fingerprint density at radius 1 is 1.06 bits per heavy atom. The van der Waals surface area contributed by atoms with E-state index in [9.17, 15) is 26.7 Å². The molecule has 9 heteroatoms. The molecule has 1 saturated carbocycles. The molecule has 0 spiro atoms. The van der Waals surface area contributed by atoms with Gasteiger partial charge in [0.25, 0.3) is 10.0 Å². The van der Waals surface area contributed by atoms with E-state index in [0.717, 1.165) is 25.0 Å². The van der Waals surface area contributed by atoms with E-state index >= 15 is 0 Å². The van der Waals surface area contributed by atoms with Crippen molar-refractivity contribution in [1.29, 1.82) is 0 Å². The van der Waals surface area contributed by atoms with E-state index in [4.69, 9.17) is 4.74 Å². The van der Waals surface area contributed by atoms with Crippen molar-refractivity contribution in [3.8, 4) is 5.75 Å². The van der Waals surface area contributed by atoms with Crippen LogP contribution < -0.4 is 9.04 Å². The molecule has 2 aromatic carbocycles. The minimum Gasteiger partial charge on any atom is -0.493 e. The molecule has 1 unspecified atom stereocenters. The van der Waals surface area contributed by atoms with Crippen LogP contribution in [0.4, 0.5) is 18.9 Å². The van der Waals surface area contributed by atoms with Gasteiger partial charge in [0.1, 0.15) is 5.75 Å². The molecule has 4 rings (SSSR count). The molecule has 1 atom stereocenters. The number of sulfonamides is 1. The molecule has 1 heterocycles. The maximum absolute atomic E-state index is 13.8. The van der Waals surface area contributed by atoms with E-state index in [2.05, 4.69) is 0 Å². The molecule has 1 aliphatic carbocycles. The number of hydrogen-bond acceptors (Lipinski definition) is 4. The van der Waals surface area contributed by atoms with Crippen molar-refractivity contribution in [2.24, 2.45) is 5.92 Å². The molecule has 0 aromatic heterocycles. The van der Waals surface area contributed by atoms with Crippen LogP contribution in [0.25, 0.3) is 0 Å². The van der Waals surface area contributed by atoms with Crippen molar-refractivity contribution < 1.29 is 31.4 Å². The van der Waals surface area contributed by atoms with Crippen LogP contribution in [0, 0.1) is 5.92 Å². The van der Waals surface area contributed by atoms with Crippen molar-refractivity contribution in [3.05, 3.63) is 53.1 Å². The number of aliphatic hydroxyl groups is 1. The van der Waals surface area contributed by atoms with E-state index in [1.807, 2.05) is 6.92 Å². The Kier molecular flexibility index (Phi) is 7.66. The fraction of sp³-hybridized carbons (Fsp3) is 0.538. The first kappa shape index (κ1) is 25.8.